The molecule has 226 valence electrons. The van der Waals surface area contributed by atoms with E-state index in [1.807, 2.05) is 26.0 Å². The first-order chi connectivity index (χ1) is 19.6. The molecule has 1 N–H and O–H groups in total. The quantitative estimate of drug-likeness (QED) is 0.279. The van der Waals surface area contributed by atoms with Gasteiger partial charge in [0.1, 0.15) is 12.6 Å². The van der Waals surface area contributed by atoms with Gasteiger partial charge in [0, 0.05) is 13.1 Å². The van der Waals surface area contributed by atoms with Gasteiger partial charge in [-0.15, -0.1) is 0 Å². The highest BCUT2D eigenvalue weighted by Gasteiger charge is 2.37. The fourth-order valence-electron chi connectivity index (χ4n) is 4.12. The molecule has 42 heavy (non-hydrogen) atoms. The monoisotopic (exact) mass is 623 g/mol. The molecule has 3 aromatic carbocycles. The Bertz CT molecular complexity index is 1510. The van der Waals surface area contributed by atoms with Crippen LogP contribution in [0.5, 0.6) is 0 Å². The van der Waals surface area contributed by atoms with E-state index < -0.39 is 56.9 Å². The first-order valence-corrected chi connectivity index (χ1v) is 15.1. The van der Waals surface area contributed by atoms with Crippen molar-refractivity contribution in [1.29, 1.82) is 0 Å². The molecule has 2 amide bonds. The molecule has 0 saturated carbocycles. The lowest BCUT2D eigenvalue weighted by atomic mass is 10.1. The third-order valence-electron chi connectivity index (χ3n) is 6.62. The maximum Gasteiger partial charge on any atom is 0.417 e. The van der Waals surface area contributed by atoms with E-state index in [1.54, 1.807) is 31.2 Å². The Labute approximate surface area is 249 Å². The smallest absolute Gasteiger partial charge is 0.354 e. The number of alkyl halides is 3. The Morgan fingerprint density at radius 1 is 0.952 bits per heavy atom. The number of carbonyl (C=O) groups excluding carboxylic acids is 2. The number of benzene rings is 3. The van der Waals surface area contributed by atoms with Gasteiger partial charge >= 0.3 is 6.18 Å². The molecule has 0 aliphatic heterocycles. The van der Waals surface area contributed by atoms with Crippen LogP contribution in [0.15, 0.2) is 71.6 Å². The topological polar surface area (TPSA) is 86.8 Å². The third-order valence-corrected chi connectivity index (χ3v) is 8.74. The van der Waals surface area contributed by atoms with Gasteiger partial charge in [0.25, 0.3) is 10.0 Å². The predicted octanol–water partition coefficient (Wildman–Crippen LogP) is 6.11. The molecule has 0 radical (unpaired) electrons. The van der Waals surface area contributed by atoms with Crippen LogP contribution in [0.25, 0.3) is 0 Å². The van der Waals surface area contributed by atoms with Crippen molar-refractivity contribution in [3.8, 4) is 0 Å². The molecule has 0 fully saturated rings. The Morgan fingerprint density at radius 3 is 2.07 bits per heavy atom. The number of hydrogen-bond donors (Lipinski definition) is 1. The van der Waals surface area contributed by atoms with Gasteiger partial charge in [-0.05, 0) is 63.1 Å². The fourth-order valence-corrected chi connectivity index (χ4v) is 5.75. The summed E-state index contributed by atoms with van der Waals surface area (Å²) in [4.78, 5) is 27.8. The lowest BCUT2D eigenvalue weighted by Gasteiger charge is -2.32. The highest BCUT2D eigenvalue weighted by Crippen LogP contribution is 2.38. The largest absolute Gasteiger partial charge is 0.417 e. The minimum atomic E-state index is -4.88. The average molecular weight is 624 g/mol. The molecule has 12 heteroatoms. The molecule has 0 spiro atoms. The second kappa shape index (κ2) is 13.6. The molecule has 0 aromatic heterocycles. The normalized spacial score (nSPS) is 12.5. The van der Waals surface area contributed by atoms with Crippen molar-refractivity contribution in [3.63, 3.8) is 0 Å². The van der Waals surface area contributed by atoms with Crippen LogP contribution in [0, 0.1) is 13.8 Å². The molecule has 3 rings (SSSR count). The van der Waals surface area contributed by atoms with Gasteiger partial charge in [0.05, 0.1) is 21.2 Å². The minimum Gasteiger partial charge on any atom is -0.354 e. The number of aryl methyl sites for hydroxylation is 2. The zero-order valence-electron chi connectivity index (χ0n) is 23.7. The van der Waals surface area contributed by atoms with Crippen LogP contribution in [0.1, 0.15) is 42.5 Å². The van der Waals surface area contributed by atoms with Gasteiger partial charge in [-0.2, -0.15) is 13.2 Å². The number of carbonyl (C=O) groups is 2. The average Bonchev–Trinajstić information content (AvgIpc) is 2.93. The zero-order valence-corrected chi connectivity index (χ0v) is 25.3. The van der Waals surface area contributed by atoms with Crippen molar-refractivity contribution < 1.29 is 31.2 Å². The fraction of sp³-hybridized carbons (Fsp3) is 0.333. The molecule has 7 nitrogen and oxygen atoms in total. The maximum atomic E-state index is 13.9. The van der Waals surface area contributed by atoms with E-state index in [1.165, 1.54) is 24.0 Å². The van der Waals surface area contributed by atoms with Gasteiger partial charge < -0.3 is 10.2 Å². The van der Waals surface area contributed by atoms with E-state index in [9.17, 15) is 31.2 Å². The van der Waals surface area contributed by atoms with E-state index in [4.69, 9.17) is 11.6 Å². The molecule has 0 saturated heterocycles. The maximum absolute atomic E-state index is 13.9. The van der Waals surface area contributed by atoms with Gasteiger partial charge in [-0.3, -0.25) is 13.9 Å². The number of sulfonamides is 1. The highest BCUT2D eigenvalue weighted by molar-refractivity contribution is 7.92. The van der Waals surface area contributed by atoms with Crippen molar-refractivity contribution in [2.75, 3.05) is 17.4 Å². The number of anilines is 1. The Balaban J connectivity index is 2.11. The molecule has 0 aliphatic rings. The Morgan fingerprint density at radius 2 is 1.52 bits per heavy atom. The predicted molar refractivity (Wildman–Crippen MR) is 157 cm³/mol. The molecule has 3 aromatic rings. The summed E-state index contributed by atoms with van der Waals surface area (Å²) in [6.07, 6.45) is -4.22. The summed E-state index contributed by atoms with van der Waals surface area (Å²) < 4.78 is 69.5. The van der Waals surface area contributed by atoms with E-state index in [2.05, 4.69) is 5.32 Å². The molecule has 0 heterocycles. The summed E-state index contributed by atoms with van der Waals surface area (Å²) in [7, 11) is -4.54. The SMILES string of the molecule is CCCNC(=O)C(C)N(Cc1ccc(C)cc1)C(=O)CN(c1ccc(Cl)c(C(F)(F)F)c1)S(=O)(=O)c1ccc(C)cc1. The van der Waals surface area contributed by atoms with Crippen LogP contribution in [-0.2, 0) is 32.3 Å². The third kappa shape index (κ3) is 8.04. The number of hydrogen-bond acceptors (Lipinski definition) is 4. The first kappa shape index (κ1) is 32.9. The van der Waals surface area contributed by atoms with Crippen molar-refractivity contribution in [1.82, 2.24) is 10.2 Å². The van der Waals surface area contributed by atoms with Crippen LogP contribution in [-0.4, -0.2) is 44.3 Å². The number of nitrogens with one attached hydrogen (secondary N) is 1. The van der Waals surface area contributed by atoms with Gasteiger partial charge in [-0.25, -0.2) is 8.42 Å². The molecule has 1 unspecified atom stereocenters. The van der Waals surface area contributed by atoms with Crippen LogP contribution in [0.4, 0.5) is 18.9 Å². The Hall–Kier alpha value is -3.57. The number of nitrogens with zero attached hydrogens (tertiary/aromatic N) is 2. The van der Waals surface area contributed by atoms with Crippen molar-refractivity contribution >= 4 is 39.1 Å². The van der Waals surface area contributed by atoms with E-state index in [-0.39, 0.29) is 11.4 Å². The molecular formula is C30H33ClF3N3O4S. The Kier molecular flexibility index (Phi) is 10.7. The van der Waals surface area contributed by atoms with Gasteiger partial charge in [-0.1, -0.05) is 66.0 Å². The summed E-state index contributed by atoms with van der Waals surface area (Å²) in [6.45, 7) is 6.49. The van der Waals surface area contributed by atoms with Crippen molar-refractivity contribution in [2.24, 2.45) is 0 Å². The van der Waals surface area contributed by atoms with Gasteiger partial charge in [0.2, 0.25) is 11.8 Å². The van der Waals surface area contributed by atoms with E-state index >= 15 is 0 Å². The second-order valence-corrected chi connectivity index (χ2v) is 12.2. The summed E-state index contributed by atoms with van der Waals surface area (Å²) in [6, 6.07) is 14.6. The molecule has 1 atom stereocenters. The first-order valence-electron chi connectivity index (χ1n) is 13.2. The van der Waals surface area contributed by atoms with E-state index in [0.717, 1.165) is 23.3 Å². The molecular weight excluding hydrogens is 591 g/mol. The van der Waals surface area contributed by atoms with Crippen LogP contribution in [0.2, 0.25) is 5.02 Å². The summed E-state index contributed by atoms with van der Waals surface area (Å²) in [5.74, 6) is -1.23. The number of rotatable bonds is 11. The summed E-state index contributed by atoms with van der Waals surface area (Å²) in [5, 5.41) is 2.12. The second-order valence-electron chi connectivity index (χ2n) is 9.96. The lowest BCUT2D eigenvalue weighted by molar-refractivity contribution is -0.139. The summed E-state index contributed by atoms with van der Waals surface area (Å²) >= 11 is 5.80. The van der Waals surface area contributed by atoms with Gasteiger partial charge in [0.15, 0.2) is 0 Å². The van der Waals surface area contributed by atoms with Crippen molar-refractivity contribution in [2.45, 2.75) is 57.8 Å². The van der Waals surface area contributed by atoms with Crippen LogP contribution < -0.4 is 9.62 Å². The lowest BCUT2D eigenvalue weighted by Crippen LogP contribution is -2.51. The highest BCUT2D eigenvalue weighted by atomic mass is 35.5. The summed E-state index contributed by atoms with van der Waals surface area (Å²) in [5.41, 5.74) is 0.770. The number of halogens is 4. The molecule has 0 aliphatic carbocycles. The zero-order chi connectivity index (χ0) is 31.2. The van der Waals surface area contributed by atoms with Crippen molar-refractivity contribution in [3.05, 3.63) is 94.0 Å². The molecule has 0 bridgehead atoms. The van der Waals surface area contributed by atoms with Crippen LogP contribution >= 0.6 is 11.6 Å². The minimum absolute atomic E-state index is 0.0351. The van der Waals surface area contributed by atoms with E-state index in [0.29, 0.717) is 28.9 Å². The van der Waals surface area contributed by atoms with Crippen LogP contribution in [0.3, 0.4) is 0 Å². The number of amides is 2. The standard InChI is InChI=1S/C30H33ClF3N3O4S/c1-5-16-35-29(39)22(4)36(18-23-10-6-20(2)7-11-23)28(38)19-37(42(40,41)25-13-8-21(3)9-14-25)24-12-15-27(31)26(17-24)30(32,33)34/h6-15,17,22H,5,16,18-19H2,1-4H3,(H,35,39).